The number of hydrogen-bond donors (Lipinski definition) is 2. The van der Waals surface area contributed by atoms with Gasteiger partial charge in [-0.2, -0.15) is 0 Å². The van der Waals surface area contributed by atoms with Crippen molar-refractivity contribution < 1.29 is 9.72 Å². The van der Waals surface area contributed by atoms with Crippen LogP contribution < -0.4 is 10.6 Å². The minimum atomic E-state index is -0.402. The summed E-state index contributed by atoms with van der Waals surface area (Å²) in [7, 11) is 0. The lowest BCUT2D eigenvalue weighted by Crippen LogP contribution is -2.35. The largest absolute Gasteiger partial charge is 0.352 e. The van der Waals surface area contributed by atoms with Crippen LogP contribution in [0.5, 0.6) is 0 Å². The van der Waals surface area contributed by atoms with Gasteiger partial charge in [-0.3, -0.25) is 14.9 Å². The van der Waals surface area contributed by atoms with Crippen molar-refractivity contribution in [1.82, 2.24) is 10.6 Å². The lowest BCUT2D eigenvalue weighted by molar-refractivity contribution is -0.384. The van der Waals surface area contributed by atoms with Crippen molar-refractivity contribution in [3.63, 3.8) is 0 Å². The van der Waals surface area contributed by atoms with Crippen molar-refractivity contribution in [3.05, 3.63) is 39.9 Å². The Kier molecular flexibility index (Phi) is 3.88. The van der Waals surface area contributed by atoms with E-state index in [4.69, 9.17) is 0 Å². The monoisotopic (exact) mass is 249 g/mol. The fourth-order valence-electron chi connectivity index (χ4n) is 2.00. The molecule has 1 aromatic rings. The fraction of sp³-hybridized carbons (Fsp3) is 0.417. The van der Waals surface area contributed by atoms with E-state index in [0.717, 1.165) is 12.0 Å². The Morgan fingerprint density at radius 2 is 2.33 bits per heavy atom. The first-order chi connectivity index (χ1) is 8.65. The summed E-state index contributed by atoms with van der Waals surface area (Å²) >= 11 is 0. The third-order valence-corrected chi connectivity index (χ3v) is 2.93. The highest BCUT2D eigenvalue weighted by molar-refractivity contribution is 5.78. The third kappa shape index (κ3) is 3.27. The number of hydrogen-bond acceptors (Lipinski definition) is 4. The molecule has 1 unspecified atom stereocenters. The van der Waals surface area contributed by atoms with Crippen LogP contribution in [0.25, 0.3) is 0 Å². The predicted molar refractivity (Wildman–Crippen MR) is 66.0 cm³/mol. The van der Waals surface area contributed by atoms with Gasteiger partial charge in [0.15, 0.2) is 0 Å². The topological polar surface area (TPSA) is 84.3 Å². The molecule has 1 atom stereocenters. The standard InChI is InChI=1S/C12H15N3O3/c16-12-5-4-10(14-12)8-13-7-9-2-1-3-11(6-9)15(17)18/h1-3,6,10,13H,4-5,7-8H2,(H,14,16). The van der Waals surface area contributed by atoms with E-state index >= 15 is 0 Å². The van der Waals surface area contributed by atoms with E-state index in [9.17, 15) is 14.9 Å². The molecule has 0 spiro atoms. The van der Waals surface area contributed by atoms with Crippen molar-refractivity contribution in [2.45, 2.75) is 25.4 Å². The first-order valence-corrected chi connectivity index (χ1v) is 5.88. The number of nitro groups is 1. The highest BCUT2D eigenvalue weighted by Crippen LogP contribution is 2.13. The summed E-state index contributed by atoms with van der Waals surface area (Å²) in [6.07, 6.45) is 1.43. The van der Waals surface area contributed by atoms with Crippen LogP contribution in [0.4, 0.5) is 5.69 Å². The van der Waals surface area contributed by atoms with Gasteiger partial charge in [0.1, 0.15) is 0 Å². The van der Waals surface area contributed by atoms with Gasteiger partial charge in [-0.05, 0) is 12.0 Å². The number of amides is 1. The van der Waals surface area contributed by atoms with Crippen LogP contribution in [0.1, 0.15) is 18.4 Å². The van der Waals surface area contributed by atoms with Crippen LogP contribution in [0.2, 0.25) is 0 Å². The smallest absolute Gasteiger partial charge is 0.269 e. The SMILES string of the molecule is O=C1CCC(CNCc2cccc([N+](=O)[O-])c2)N1. The zero-order valence-corrected chi connectivity index (χ0v) is 9.89. The van der Waals surface area contributed by atoms with Gasteiger partial charge in [0.2, 0.25) is 5.91 Å². The Labute approximate surface area is 105 Å². The first kappa shape index (κ1) is 12.5. The van der Waals surface area contributed by atoms with Gasteiger partial charge < -0.3 is 10.6 Å². The van der Waals surface area contributed by atoms with Crippen molar-refractivity contribution in [1.29, 1.82) is 0 Å². The Hall–Kier alpha value is -1.95. The normalized spacial score (nSPS) is 18.7. The molecule has 0 radical (unpaired) electrons. The van der Waals surface area contributed by atoms with Gasteiger partial charge in [0.25, 0.3) is 5.69 Å². The summed E-state index contributed by atoms with van der Waals surface area (Å²) < 4.78 is 0. The average molecular weight is 249 g/mol. The minimum Gasteiger partial charge on any atom is -0.352 e. The molecular formula is C12H15N3O3. The van der Waals surface area contributed by atoms with Crippen LogP contribution in [0, 0.1) is 10.1 Å². The molecule has 2 rings (SSSR count). The molecule has 18 heavy (non-hydrogen) atoms. The predicted octanol–water partition coefficient (Wildman–Crippen LogP) is 0.963. The van der Waals surface area contributed by atoms with Gasteiger partial charge in [0.05, 0.1) is 4.92 Å². The number of carbonyl (C=O) groups is 1. The summed E-state index contributed by atoms with van der Waals surface area (Å²) in [4.78, 5) is 21.2. The third-order valence-electron chi connectivity index (χ3n) is 2.93. The number of carbonyl (C=O) groups excluding carboxylic acids is 1. The molecule has 0 bridgehead atoms. The number of nitrogens with one attached hydrogen (secondary N) is 2. The highest BCUT2D eigenvalue weighted by Gasteiger charge is 2.19. The molecule has 1 aliphatic rings. The van der Waals surface area contributed by atoms with E-state index in [1.54, 1.807) is 12.1 Å². The number of rotatable bonds is 5. The molecule has 2 N–H and O–H groups in total. The van der Waals surface area contributed by atoms with E-state index in [0.29, 0.717) is 19.5 Å². The van der Waals surface area contributed by atoms with Gasteiger partial charge in [0, 0.05) is 37.7 Å². The maximum Gasteiger partial charge on any atom is 0.269 e. The number of nitro benzene ring substituents is 1. The molecule has 1 amide bonds. The van der Waals surface area contributed by atoms with Crippen molar-refractivity contribution in [3.8, 4) is 0 Å². The summed E-state index contributed by atoms with van der Waals surface area (Å²) in [6.45, 7) is 1.25. The molecule has 1 fully saturated rings. The van der Waals surface area contributed by atoms with E-state index in [1.165, 1.54) is 6.07 Å². The Morgan fingerprint density at radius 3 is 3.00 bits per heavy atom. The molecule has 1 aliphatic heterocycles. The fourth-order valence-corrected chi connectivity index (χ4v) is 2.00. The first-order valence-electron chi connectivity index (χ1n) is 5.88. The number of non-ortho nitro benzene ring substituents is 1. The van der Waals surface area contributed by atoms with Crippen LogP contribution in [-0.4, -0.2) is 23.4 Å². The second-order valence-electron chi connectivity index (χ2n) is 4.36. The zero-order valence-electron chi connectivity index (χ0n) is 9.89. The maximum atomic E-state index is 11.0. The molecule has 0 saturated carbocycles. The Balaban J connectivity index is 1.81. The summed E-state index contributed by atoms with van der Waals surface area (Å²) in [6, 6.07) is 6.72. The van der Waals surface area contributed by atoms with E-state index in [1.807, 2.05) is 6.07 Å². The van der Waals surface area contributed by atoms with Gasteiger partial charge in [-0.1, -0.05) is 12.1 Å². The summed E-state index contributed by atoms with van der Waals surface area (Å²) in [5.74, 6) is 0.0946. The van der Waals surface area contributed by atoms with Crippen LogP contribution >= 0.6 is 0 Å². The Morgan fingerprint density at radius 1 is 1.50 bits per heavy atom. The maximum absolute atomic E-state index is 11.0. The second-order valence-corrected chi connectivity index (χ2v) is 4.36. The minimum absolute atomic E-state index is 0.0946. The quantitative estimate of drug-likeness (QED) is 0.601. The van der Waals surface area contributed by atoms with Crippen molar-refractivity contribution >= 4 is 11.6 Å². The summed E-state index contributed by atoms with van der Waals surface area (Å²) in [5.41, 5.74) is 0.969. The molecule has 0 aromatic heterocycles. The van der Waals surface area contributed by atoms with Gasteiger partial charge in [-0.25, -0.2) is 0 Å². The highest BCUT2D eigenvalue weighted by atomic mass is 16.6. The second kappa shape index (κ2) is 5.59. The molecule has 6 heteroatoms. The van der Waals surface area contributed by atoms with Crippen molar-refractivity contribution in [2.75, 3.05) is 6.54 Å². The molecule has 6 nitrogen and oxygen atoms in total. The van der Waals surface area contributed by atoms with Crippen molar-refractivity contribution in [2.24, 2.45) is 0 Å². The summed E-state index contributed by atoms with van der Waals surface area (Å²) in [5, 5.41) is 16.7. The van der Waals surface area contributed by atoms with Crippen LogP contribution in [0.3, 0.4) is 0 Å². The van der Waals surface area contributed by atoms with Gasteiger partial charge in [-0.15, -0.1) is 0 Å². The number of nitrogens with zero attached hydrogens (tertiary/aromatic N) is 1. The molecule has 1 aromatic carbocycles. The van der Waals surface area contributed by atoms with E-state index in [2.05, 4.69) is 10.6 Å². The number of benzene rings is 1. The zero-order chi connectivity index (χ0) is 13.0. The Bertz CT molecular complexity index is 462. The molecule has 0 aliphatic carbocycles. The molecule has 1 saturated heterocycles. The molecule has 96 valence electrons. The van der Waals surface area contributed by atoms with E-state index < -0.39 is 4.92 Å². The average Bonchev–Trinajstić information content (AvgIpc) is 2.75. The van der Waals surface area contributed by atoms with Crippen LogP contribution in [-0.2, 0) is 11.3 Å². The van der Waals surface area contributed by atoms with E-state index in [-0.39, 0.29) is 17.6 Å². The lowest BCUT2D eigenvalue weighted by Gasteiger charge is -2.11. The van der Waals surface area contributed by atoms with Crippen LogP contribution in [0.15, 0.2) is 24.3 Å². The molecule has 1 heterocycles. The lowest BCUT2D eigenvalue weighted by atomic mass is 10.2. The van der Waals surface area contributed by atoms with Gasteiger partial charge >= 0.3 is 0 Å². The molecular weight excluding hydrogens is 234 g/mol.